The van der Waals surface area contributed by atoms with Gasteiger partial charge in [-0.3, -0.25) is 9.89 Å². The second-order valence-corrected chi connectivity index (χ2v) is 6.10. The maximum absolute atomic E-state index is 12.6. The number of benzene rings is 1. The molecule has 1 aromatic heterocycles. The van der Waals surface area contributed by atoms with Crippen LogP contribution in [0.4, 0.5) is 0 Å². The van der Waals surface area contributed by atoms with Crippen LogP contribution in [0.5, 0.6) is 5.75 Å². The molecule has 5 heteroatoms. The molecule has 0 atom stereocenters. The van der Waals surface area contributed by atoms with Gasteiger partial charge in [0.05, 0.1) is 12.1 Å². The summed E-state index contributed by atoms with van der Waals surface area (Å²) in [6, 6.07) is 8.95. The SMILES string of the molecule is Cc1cc(CC(=O)N(Cc2ccc(O)cc2)CC2CC2)n[nH]1. The quantitative estimate of drug-likeness (QED) is 0.860. The molecule has 5 nitrogen and oxygen atoms in total. The van der Waals surface area contributed by atoms with Gasteiger partial charge in [0.25, 0.3) is 0 Å². The summed E-state index contributed by atoms with van der Waals surface area (Å²) in [5.41, 5.74) is 2.79. The number of aromatic hydroxyl groups is 1. The minimum absolute atomic E-state index is 0.103. The van der Waals surface area contributed by atoms with Crippen LogP contribution in [0.25, 0.3) is 0 Å². The lowest BCUT2D eigenvalue weighted by Gasteiger charge is -2.22. The van der Waals surface area contributed by atoms with Gasteiger partial charge in [-0.25, -0.2) is 0 Å². The van der Waals surface area contributed by atoms with Crippen LogP contribution >= 0.6 is 0 Å². The third-order valence-corrected chi connectivity index (χ3v) is 3.93. The van der Waals surface area contributed by atoms with Crippen molar-refractivity contribution >= 4 is 5.91 Å². The second kappa shape index (κ2) is 6.22. The summed E-state index contributed by atoms with van der Waals surface area (Å²) in [4.78, 5) is 14.5. The number of aromatic amines is 1. The normalized spacial score (nSPS) is 14.0. The number of carbonyl (C=O) groups is 1. The average Bonchev–Trinajstić information content (AvgIpc) is 3.22. The summed E-state index contributed by atoms with van der Waals surface area (Å²) in [6.07, 6.45) is 2.75. The van der Waals surface area contributed by atoms with E-state index in [0.29, 0.717) is 18.9 Å². The maximum Gasteiger partial charge on any atom is 0.228 e. The number of aromatic nitrogens is 2. The van der Waals surface area contributed by atoms with Crippen molar-refractivity contribution in [1.82, 2.24) is 15.1 Å². The molecule has 2 aromatic rings. The van der Waals surface area contributed by atoms with Crippen LogP contribution in [-0.4, -0.2) is 32.7 Å². The van der Waals surface area contributed by atoms with E-state index in [-0.39, 0.29) is 11.7 Å². The predicted octanol–water partition coefficient (Wildman–Crippen LogP) is 2.41. The van der Waals surface area contributed by atoms with E-state index in [1.165, 1.54) is 12.8 Å². The van der Waals surface area contributed by atoms with Crippen molar-refractivity contribution in [3.05, 3.63) is 47.3 Å². The lowest BCUT2D eigenvalue weighted by atomic mass is 10.1. The molecule has 0 radical (unpaired) electrons. The average molecular weight is 299 g/mol. The van der Waals surface area contributed by atoms with E-state index in [9.17, 15) is 9.90 Å². The summed E-state index contributed by atoms with van der Waals surface area (Å²) < 4.78 is 0. The molecule has 1 amide bonds. The van der Waals surface area contributed by atoms with Crippen LogP contribution in [-0.2, 0) is 17.8 Å². The second-order valence-electron chi connectivity index (χ2n) is 6.10. The zero-order valence-corrected chi connectivity index (χ0v) is 12.7. The Morgan fingerprint density at radius 1 is 1.36 bits per heavy atom. The van der Waals surface area contributed by atoms with Gasteiger partial charge in [0.2, 0.25) is 5.91 Å². The van der Waals surface area contributed by atoms with Crippen LogP contribution in [0.1, 0.15) is 29.8 Å². The van der Waals surface area contributed by atoms with Crippen molar-refractivity contribution in [1.29, 1.82) is 0 Å². The number of carbonyl (C=O) groups excluding carboxylic acids is 1. The first-order chi connectivity index (χ1) is 10.6. The highest BCUT2D eigenvalue weighted by Gasteiger charge is 2.27. The standard InChI is InChI=1S/C17H21N3O2/c1-12-8-15(19-18-12)9-17(22)20(10-13-2-3-13)11-14-4-6-16(21)7-5-14/h4-8,13,21H,2-3,9-11H2,1H3,(H,18,19). The van der Waals surface area contributed by atoms with Crippen LogP contribution in [0, 0.1) is 12.8 Å². The highest BCUT2D eigenvalue weighted by molar-refractivity contribution is 5.78. The van der Waals surface area contributed by atoms with E-state index in [4.69, 9.17) is 0 Å². The largest absolute Gasteiger partial charge is 0.508 e. The summed E-state index contributed by atoms with van der Waals surface area (Å²) in [7, 11) is 0. The summed E-state index contributed by atoms with van der Waals surface area (Å²) in [5.74, 6) is 0.990. The van der Waals surface area contributed by atoms with Crippen LogP contribution in [0.15, 0.2) is 30.3 Å². The molecule has 116 valence electrons. The fourth-order valence-corrected chi connectivity index (χ4v) is 2.52. The zero-order chi connectivity index (χ0) is 15.5. The maximum atomic E-state index is 12.6. The van der Waals surface area contributed by atoms with Crippen LogP contribution in [0.2, 0.25) is 0 Å². The number of phenolic OH excluding ortho intramolecular Hbond substituents is 1. The van der Waals surface area contributed by atoms with Gasteiger partial charge in [0.15, 0.2) is 0 Å². The van der Waals surface area contributed by atoms with Crippen LogP contribution in [0.3, 0.4) is 0 Å². The molecule has 1 heterocycles. The Bertz CT molecular complexity index is 644. The van der Waals surface area contributed by atoms with Gasteiger partial charge in [-0.1, -0.05) is 12.1 Å². The Balaban J connectivity index is 1.67. The fraction of sp³-hybridized carbons (Fsp3) is 0.412. The molecule has 0 aliphatic heterocycles. The lowest BCUT2D eigenvalue weighted by Crippen LogP contribution is -2.33. The number of aryl methyl sites for hydroxylation is 1. The first-order valence-corrected chi connectivity index (χ1v) is 7.67. The summed E-state index contributed by atoms with van der Waals surface area (Å²) >= 11 is 0. The van der Waals surface area contributed by atoms with E-state index < -0.39 is 0 Å². The third kappa shape index (κ3) is 3.87. The Morgan fingerprint density at radius 3 is 2.68 bits per heavy atom. The van der Waals surface area contributed by atoms with Crippen LogP contribution < -0.4 is 0 Å². The molecular weight excluding hydrogens is 278 g/mol. The Labute approximate surface area is 130 Å². The van der Waals surface area contributed by atoms with Gasteiger partial charge in [-0.2, -0.15) is 5.10 Å². The number of rotatable bonds is 6. The van der Waals surface area contributed by atoms with Gasteiger partial charge in [-0.05, 0) is 49.4 Å². The molecule has 0 spiro atoms. The first-order valence-electron chi connectivity index (χ1n) is 7.67. The number of H-pyrrole nitrogens is 1. The Morgan fingerprint density at radius 2 is 2.09 bits per heavy atom. The smallest absolute Gasteiger partial charge is 0.228 e. The topological polar surface area (TPSA) is 69.2 Å². The fourth-order valence-electron chi connectivity index (χ4n) is 2.52. The molecule has 0 bridgehead atoms. The van der Waals surface area contributed by atoms with E-state index in [2.05, 4.69) is 10.2 Å². The molecular formula is C17H21N3O2. The first kappa shape index (κ1) is 14.6. The molecule has 1 aliphatic carbocycles. The number of nitrogens with one attached hydrogen (secondary N) is 1. The number of hydrogen-bond donors (Lipinski definition) is 2. The molecule has 1 fully saturated rings. The molecule has 0 saturated heterocycles. The van der Waals surface area contributed by atoms with E-state index in [1.54, 1.807) is 12.1 Å². The van der Waals surface area contributed by atoms with Crippen molar-refractivity contribution < 1.29 is 9.90 Å². The van der Waals surface area contributed by atoms with Gasteiger partial charge in [0, 0.05) is 18.8 Å². The van der Waals surface area contributed by atoms with Gasteiger partial charge in [0.1, 0.15) is 5.75 Å². The number of hydrogen-bond acceptors (Lipinski definition) is 3. The molecule has 1 aliphatic rings. The predicted molar refractivity (Wildman–Crippen MR) is 83.3 cm³/mol. The molecule has 3 rings (SSSR count). The number of nitrogens with zero attached hydrogens (tertiary/aromatic N) is 2. The highest BCUT2D eigenvalue weighted by atomic mass is 16.3. The minimum Gasteiger partial charge on any atom is -0.508 e. The summed E-state index contributed by atoms with van der Waals surface area (Å²) in [6.45, 7) is 3.32. The van der Waals surface area contributed by atoms with Crippen molar-refractivity contribution in [3.8, 4) is 5.75 Å². The van der Waals surface area contributed by atoms with E-state index >= 15 is 0 Å². The van der Waals surface area contributed by atoms with Gasteiger partial charge >= 0.3 is 0 Å². The molecule has 0 unspecified atom stereocenters. The highest BCUT2D eigenvalue weighted by Crippen LogP contribution is 2.30. The molecule has 22 heavy (non-hydrogen) atoms. The molecule has 2 N–H and O–H groups in total. The third-order valence-electron chi connectivity index (χ3n) is 3.93. The molecule has 1 aromatic carbocycles. The Kier molecular flexibility index (Phi) is 4.13. The Hall–Kier alpha value is -2.30. The summed E-state index contributed by atoms with van der Waals surface area (Å²) in [5, 5.41) is 16.4. The van der Waals surface area contributed by atoms with Crippen molar-refractivity contribution in [2.45, 2.75) is 32.7 Å². The van der Waals surface area contributed by atoms with Crippen molar-refractivity contribution in [2.24, 2.45) is 5.92 Å². The number of amides is 1. The van der Waals surface area contributed by atoms with Gasteiger partial charge in [-0.15, -0.1) is 0 Å². The number of phenols is 1. The lowest BCUT2D eigenvalue weighted by molar-refractivity contribution is -0.131. The van der Waals surface area contributed by atoms with Crippen molar-refractivity contribution in [3.63, 3.8) is 0 Å². The van der Waals surface area contributed by atoms with Crippen molar-refractivity contribution in [2.75, 3.05) is 6.54 Å². The molecule has 1 saturated carbocycles. The zero-order valence-electron chi connectivity index (χ0n) is 12.7. The van der Waals surface area contributed by atoms with E-state index in [1.807, 2.05) is 30.0 Å². The van der Waals surface area contributed by atoms with Gasteiger partial charge < -0.3 is 10.0 Å². The minimum atomic E-state index is 0.103. The van der Waals surface area contributed by atoms with E-state index in [0.717, 1.165) is 23.5 Å². The monoisotopic (exact) mass is 299 g/mol.